The van der Waals surface area contributed by atoms with E-state index in [9.17, 15) is 4.79 Å². The summed E-state index contributed by atoms with van der Waals surface area (Å²) in [5.41, 5.74) is 2.00. The second-order valence-electron chi connectivity index (χ2n) is 4.98. The average molecular weight is 381 g/mol. The highest BCUT2D eigenvalue weighted by molar-refractivity contribution is 9.10. The van der Waals surface area contributed by atoms with Crippen molar-refractivity contribution in [2.75, 3.05) is 19.0 Å². The van der Waals surface area contributed by atoms with Gasteiger partial charge in [0.05, 0.1) is 12.1 Å². The van der Waals surface area contributed by atoms with Crippen molar-refractivity contribution < 1.29 is 13.9 Å². The van der Waals surface area contributed by atoms with Crippen LogP contribution in [0.5, 0.6) is 0 Å². The topological polar surface area (TPSA) is 74.2 Å². The highest BCUT2D eigenvalue weighted by atomic mass is 79.9. The molecule has 0 spiro atoms. The van der Waals surface area contributed by atoms with Crippen molar-refractivity contribution >= 4 is 38.8 Å². The number of rotatable bonds is 6. The van der Waals surface area contributed by atoms with Crippen LogP contribution in [0.4, 0.5) is 5.82 Å². The zero-order chi connectivity index (χ0) is 16.4. The van der Waals surface area contributed by atoms with Gasteiger partial charge in [-0.05, 0) is 22.9 Å². The Morgan fingerprint density at radius 2 is 2.30 bits per heavy atom. The molecule has 0 atom stereocenters. The van der Waals surface area contributed by atoms with Gasteiger partial charge in [0, 0.05) is 44.6 Å². The molecule has 23 heavy (non-hydrogen) atoms. The Morgan fingerprint density at radius 3 is 3.00 bits per heavy atom. The molecule has 0 unspecified atom stereocenters. The van der Waals surface area contributed by atoms with E-state index in [1.165, 1.54) is 0 Å². The first-order valence-corrected chi connectivity index (χ1v) is 8.04. The summed E-state index contributed by atoms with van der Waals surface area (Å²) in [5.74, 6) is 0.291. The summed E-state index contributed by atoms with van der Waals surface area (Å²) in [7, 11) is 1.63. The third kappa shape index (κ3) is 3.18. The number of carbonyl (C=O) groups excluding carboxylic acids is 1. The minimum absolute atomic E-state index is 0.232. The van der Waals surface area contributed by atoms with E-state index in [4.69, 9.17) is 9.15 Å². The van der Waals surface area contributed by atoms with Crippen LogP contribution in [0, 0.1) is 0 Å². The zero-order valence-electron chi connectivity index (χ0n) is 12.9. The standard InChI is InChI=1S/C15H17BrN4O3/c1-3-19-5-4-14(18-19)17-15(21)11-8-12-10(9-13(16)23-12)20(11)6-7-22-2/h4-5,8-9H,3,6-7H2,1-2H3,(H,17,18,21). The molecule has 0 bridgehead atoms. The maximum absolute atomic E-state index is 12.6. The lowest BCUT2D eigenvalue weighted by molar-refractivity contribution is 0.101. The third-order valence-electron chi connectivity index (χ3n) is 3.52. The Morgan fingerprint density at radius 1 is 1.48 bits per heavy atom. The number of amides is 1. The first-order valence-electron chi connectivity index (χ1n) is 7.24. The summed E-state index contributed by atoms with van der Waals surface area (Å²) >= 11 is 3.31. The van der Waals surface area contributed by atoms with E-state index in [-0.39, 0.29) is 5.91 Å². The van der Waals surface area contributed by atoms with Crippen molar-refractivity contribution in [1.29, 1.82) is 0 Å². The first-order chi connectivity index (χ1) is 11.1. The molecule has 0 saturated carbocycles. The molecule has 7 nitrogen and oxygen atoms in total. The average Bonchev–Trinajstić information content (AvgIpc) is 3.19. The molecule has 0 aliphatic heterocycles. The van der Waals surface area contributed by atoms with E-state index < -0.39 is 0 Å². The molecular formula is C15H17BrN4O3. The molecule has 0 radical (unpaired) electrons. The Labute approximate surface area is 141 Å². The lowest BCUT2D eigenvalue weighted by atomic mass is 10.4. The fourth-order valence-electron chi connectivity index (χ4n) is 2.41. The summed E-state index contributed by atoms with van der Waals surface area (Å²) in [5, 5.41) is 7.07. The number of nitrogens with zero attached hydrogens (tertiary/aromatic N) is 3. The second kappa shape index (κ2) is 6.59. The van der Waals surface area contributed by atoms with Crippen molar-refractivity contribution in [2.24, 2.45) is 0 Å². The van der Waals surface area contributed by atoms with Crippen molar-refractivity contribution in [3.05, 3.63) is 34.8 Å². The molecule has 1 amide bonds. The maximum atomic E-state index is 12.6. The van der Waals surface area contributed by atoms with Crippen LogP contribution in [0.1, 0.15) is 17.4 Å². The number of hydrogen-bond donors (Lipinski definition) is 1. The summed E-state index contributed by atoms with van der Waals surface area (Å²) in [6, 6.07) is 5.33. The third-order valence-corrected chi connectivity index (χ3v) is 3.91. The van der Waals surface area contributed by atoms with Gasteiger partial charge in [-0.15, -0.1) is 0 Å². The lowest BCUT2D eigenvalue weighted by Crippen LogP contribution is -2.18. The molecule has 1 N–H and O–H groups in total. The number of methoxy groups -OCH3 is 1. The summed E-state index contributed by atoms with van der Waals surface area (Å²) in [4.78, 5) is 12.6. The second-order valence-corrected chi connectivity index (χ2v) is 5.77. The molecule has 0 aromatic carbocycles. The number of furan rings is 1. The summed E-state index contributed by atoms with van der Waals surface area (Å²) < 4.78 is 14.9. The predicted octanol–water partition coefficient (Wildman–Crippen LogP) is 3.11. The number of carbonyl (C=O) groups is 1. The number of hydrogen-bond acceptors (Lipinski definition) is 4. The van der Waals surface area contributed by atoms with Gasteiger partial charge in [0.25, 0.3) is 5.91 Å². The Balaban J connectivity index is 1.90. The Bertz CT molecular complexity index is 833. The number of aromatic nitrogens is 3. The Hall–Kier alpha value is -2.06. The fraction of sp³-hybridized carbons (Fsp3) is 0.333. The van der Waals surface area contributed by atoms with Gasteiger partial charge in [0.1, 0.15) is 5.69 Å². The molecule has 3 aromatic rings. The van der Waals surface area contributed by atoms with Gasteiger partial charge < -0.3 is 19.0 Å². The minimum Gasteiger partial charge on any atom is -0.448 e. The fourth-order valence-corrected chi connectivity index (χ4v) is 2.80. The van der Waals surface area contributed by atoms with E-state index in [0.717, 1.165) is 12.1 Å². The van der Waals surface area contributed by atoms with Crippen molar-refractivity contribution in [2.45, 2.75) is 20.0 Å². The summed E-state index contributed by atoms with van der Waals surface area (Å²) in [6.45, 7) is 3.79. The number of anilines is 1. The van der Waals surface area contributed by atoms with Crippen LogP contribution < -0.4 is 5.32 Å². The van der Waals surface area contributed by atoms with Gasteiger partial charge in [-0.3, -0.25) is 9.48 Å². The molecule has 122 valence electrons. The van der Waals surface area contributed by atoms with Crippen molar-refractivity contribution in [3.8, 4) is 0 Å². The minimum atomic E-state index is -0.232. The van der Waals surface area contributed by atoms with Gasteiger partial charge in [-0.1, -0.05) is 0 Å². The SMILES string of the molecule is CCn1ccc(NC(=O)c2cc3oc(Br)cc3n2CCOC)n1. The normalized spacial score (nSPS) is 11.3. The van der Waals surface area contributed by atoms with Crippen molar-refractivity contribution in [1.82, 2.24) is 14.3 Å². The van der Waals surface area contributed by atoms with Gasteiger partial charge in [0.15, 0.2) is 16.1 Å². The van der Waals surface area contributed by atoms with Gasteiger partial charge in [-0.2, -0.15) is 5.10 Å². The molecule has 3 heterocycles. The quantitative estimate of drug-likeness (QED) is 0.712. The Kier molecular flexibility index (Phi) is 4.53. The number of halogens is 1. The molecule has 0 aliphatic carbocycles. The summed E-state index contributed by atoms with van der Waals surface area (Å²) in [6.07, 6.45) is 1.82. The van der Waals surface area contributed by atoms with Crippen LogP contribution in [0.3, 0.4) is 0 Å². The van der Waals surface area contributed by atoms with E-state index in [1.54, 1.807) is 23.9 Å². The number of aryl methyl sites for hydroxylation is 1. The maximum Gasteiger partial charge on any atom is 0.273 e. The van der Waals surface area contributed by atoms with E-state index in [2.05, 4.69) is 26.3 Å². The molecule has 8 heteroatoms. The molecule has 0 fully saturated rings. The van der Waals surface area contributed by atoms with Crippen LogP contribution in [-0.4, -0.2) is 34.0 Å². The largest absolute Gasteiger partial charge is 0.448 e. The molecule has 0 saturated heterocycles. The van der Waals surface area contributed by atoms with Crippen LogP contribution in [0.2, 0.25) is 0 Å². The van der Waals surface area contributed by atoms with Gasteiger partial charge >= 0.3 is 0 Å². The number of fused-ring (bicyclic) bond motifs is 1. The smallest absolute Gasteiger partial charge is 0.273 e. The van der Waals surface area contributed by atoms with E-state index >= 15 is 0 Å². The van der Waals surface area contributed by atoms with Crippen LogP contribution >= 0.6 is 15.9 Å². The monoisotopic (exact) mass is 380 g/mol. The van der Waals surface area contributed by atoms with Gasteiger partial charge in [-0.25, -0.2) is 0 Å². The lowest BCUT2D eigenvalue weighted by Gasteiger charge is -2.09. The number of nitrogens with one attached hydrogen (secondary N) is 1. The molecule has 3 rings (SSSR count). The molecule has 0 aliphatic rings. The van der Waals surface area contributed by atoms with Crippen LogP contribution in [0.25, 0.3) is 11.1 Å². The van der Waals surface area contributed by atoms with Crippen LogP contribution in [0.15, 0.2) is 33.5 Å². The van der Waals surface area contributed by atoms with Crippen LogP contribution in [-0.2, 0) is 17.8 Å². The predicted molar refractivity (Wildman–Crippen MR) is 89.6 cm³/mol. The molecule has 3 aromatic heterocycles. The zero-order valence-corrected chi connectivity index (χ0v) is 14.5. The van der Waals surface area contributed by atoms with Gasteiger partial charge in [0.2, 0.25) is 0 Å². The van der Waals surface area contributed by atoms with E-state index in [0.29, 0.717) is 34.9 Å². The first kappa shape index (κ1) is 15.8. The highest BCUT2D eigenvalue weighted by Gasteiger charge is 2.19. The number of ether oxygens (including phenoxy) is 1. The molecular weight excluding hydrogens is 364 g/mol. The highest BCUT2D eigenvalue weighted by Crippen LogP contribution is 2.27. The van der Waals surface area contributed by atoms with Crippen molar-refractivity contribution in [3.63, 3.8) is 0 Å². The van der Waals surface area contributed by atoms with E-state index in [1.807, 2.05) is 23.8 Å².